The molecule has 2 N–H and O–H groups in total. The molecule has 1 aliphatic rings. The van der Waals surface area contributed by atoms with Crippen molar-refractivity contribution in [1.82, 2.24) is 10.2 Å². The molecule has 0 spiro atoms. The van der Waals surface area contributed by atoms with E-state index in [-0.39, 0.29) is 6.04 Å². The Kier molecular flexibility index (Phi) is 7.46. The fraction of sp³-hybridized carbons (Fsp3) is 0.417. The fourth-order valence-corrected chi connectivity index (χ4v) is 3.90. The van der Waals surface area contributed by atoms with Crippen LogP contribution >= 0.6 is 0 Å². The Bertz CT molecular complexity index is 858. The predicted octanol–water partition coefficient (Wildman–Crippen LogP) is 3.21. The summed E-state index contributed by atoms with van der Waals surface area (Å²) in [7, 11) is 4.03. The summed E-state index contributed by atoms with van der Waals surface area (Å²) in [5, 5.41) is 5.59. The van der Waals surface area contributed by atoms with Gasteiger partial charge in [-0.25, -0.2) is 0 Å². The normalized spacial score (nSPS) is 14.9. The largest absolute Gasteiger partial charge is 0.378 e. The van der Waals surface area contributed by atoms with Gasteiger partial charge in [-0.05, 0) is 61.7 Å². The number of hydrogen-bond donors (Lipinski definition) is 2. The lowest BCUT2D eigenvalue weighted by Crippen LogP contribution is -2.41. The molecule has 2 aromatic carbocycles. The standard InChI is InChI=1S/C24H32N4O2/c1-4-18-9-5-6-10-21(18)26-24(30)23(29)25-17-22(28-15-7-8-16-28)19-11-13-20(14-12-19)27(2)3/h5-6,9-14,22H,4,7-8,15-17H2,1-3H3,(H,25,29)(H,26,30). The van der Waals surface area contributed by atoms with Gasteiger partial charge >= 0.3 is 11.8 Å². The number of carbonyl (C=O) groups is 2. The number of nitrogens with one attached hydrogen (secondary N) is 2. The molecule has 0 radical (unpaired) electrons. The van der Waals surface area contributed by atoms with Crippen molar-refractivity contribution in [1.29, 1.82) is 0 Å². The first-order valence-corrected chi connectivity index (χ1v) is 10.7. The Morgan fingerprint density at radius 1 is 1.00 bits per heavy atom. The van der Waals surface area contributed by atoms with Crippen molar-refractivity contribution in [3.8, 4) is 0 Å². The molecular weight excluding hydrogens is 376 g/mol. The Hall–Kier alpha value is -2.86. The lowest BCUT2D eigenvalue weighted by atomic mass is 10.0. The Balaban J connectivity index is 1.66. The first-order chi connectivity index (χ1) is 14.5. The smallest absolute Gasteiger partial charge is 0.313 e. The Morgan fingerprint density at radius 2 is 1.67 bits per heavy atom. The lowest BCUT2D eigenvalue weighted by molar-refractivity contribution is -0.136. The highest BCUT2D eigenvalue weighted by molar-refractivity contribution is 6.39. The molecule has 2 aromatic rings. The highest BCUT2D eigenvalue weighted by Crippen LogP contribution is 2.26. The van der Waals surface area contributed by atoms with Crippen LogP contribution in [-0.2, 0) is 16.0 Å². The summed E-state index contributed by atoms with van der Waals surface area (Å²) in [6.07, 6.45) is 3.11. The SMILES string of the molecule is CCc1ccccc1NC(=O)C(=O)NCC(c1ccc(N(C)C)cc1)N1CCCC1. The molecule has 160 valence electrons. The van der Waals surface area contributed by atoms with Crippen LogP contribution in [0.4, 0.5) is 11.4 Å². The topological polar surface area (TPSA) is 64.7 Å². The third-order valence-corrected chi connectivity index (χ3v) is 5.68. The van der Waals surface area contributed by atoms with E-state index >= 15 is 0 Å². The van der Waals surface area contributed by atoms with Gasteiger partial charge in [0.15, 0.2) is 0 Å². The van der Waals surface area contributed by atoms with Crippen LogP contribution in [0.25, 0.3) is 0 Å². The van der Waals surface area contributed by atoms with Gasteiger partial charge in [-0.15, -0.1) is 0 Å². The zero-order valence-corrected chi connectivity index (χ0v) is 18.1. The van der Waals surface area contributed by atoms with Crippen molar-refractivity contribution in [3.63, 3.8) is 0 Å². The number of amides is 2. The molecule has 6 heteroatoms. The second kappa shape index (κ2) is 10.3. The van der Waals surface area contributed by atoms with E-state index in [2.05, 4.69) is 44.7 Å². The lowest BCUT2D eigenvalue weighted by Gasteiger charge is -2.28. The van der Waals surface area contributed by atoms with E-state index in [4.69, 9.17) is 0 Å². The van der Waals surface area contributed by atoms with Crippen molar-refractivity contribution in [3.05, 3.63) is 59.7 Å². The van der Waals surface area contributed by atoms with Crippen LogP contribution in [0.15, 0.2) is 48.5 Å². The molecule has 0 saturated carbocycles. The second-order valence-corrected chi connectivity index (χ2v) is 7.92. The molecule has 1 aliphatic heterocycles. The van der Waals surface area contributed by atoms with Gasteiger partial charge in [-0.1, -0.05) is 37.3 Å². The summed E-state index contributed by atoms with van der Waals surface area (Å²) in [6.45, 7) is 4.44. The average molecular weight is 409 g/mol. The van der Waals surface area contributed by atoms with Crippen molar-refractivity contribution >= 4 is 23.2 Å². The minimum atomic E-state index is -0.626. The quantitative estimate of drug-likeness (QED) is 0.691. The molecule has 0 bridgehead atoms. The van der Waals surface area contributed by atoms with Gasteiger partial charge in [0.2, 0.25) is 0 Å². The molecule has 1 atom stereocenters. The molecule has 1 fully saturated rings. The summed E-state index contributed by atoms with van der Waals surface area (Å²) in [4.78, 5) is 29.4. The van der Waals surface area contributed by atoms with Crippen LogP contribution < -0.4 is 15.5 Å². The number of benzene rings is 2. The maximum atomic E-state index is 12.5. The van der Waals surface area contributed by atoms with Crippen molar-refractivity contribution in [2.24, 2.45) is 0 Å². The van der Waals surface area contributed by atoms with Crippen LogP contribution in [0.5, 0.6) is 0 Å². The second-order valence-electron chi connectivity index (χ2n) is 7.92. The minimum absolute atomic E-state index is 0.0587. The molecule has 3 rings (SSSR count). The molecule has 1 saturated heterocycles. The van der Waals surface area contributed by atoms with Gasteiger partial charge in [0.1, 0.15) is 0 Å². The highest BCUT2D eigenvalue weighted by Gasteiger charge is 2.25. The van der Waals surface area contributed by atoms with Gasteiger partial charge in [-0.3, -0.25) is 14.5 Å². The molecule has 6 nitrogen and oxygen atoms in total. The highest BCUT2D eigenvalue weighted by atomic mass is 16.2. The van der Waals surface area contributed by atoms with Crippen LogP contribution in [0, 0.1) is 0 Å². The van der Waals surface area contributed by atoms with E-state index in [0.717, 1.165) is 49.2 Å². The Labute approximate surface area is 179 Å². The maximum Gasteiger partial charge on any atom is 0.313 e. The number of hydrogen-bond acceptors (Lipinski definition) is 4. The van der Waals surface area contributed by atoms with E-state index in [1.165, 1.54) is 0 Å². The summed E-state index contributed by atoms with van der Waals surface area (Å²) < 4.78 is 0. The van der Waals surface area contributed by atoms with E-state index in [9.17, 15) is 9.59 Å². The summed E-state index contributed by atoms with van der Waals surface area (Å²) in [5.41, 5.74) is 3.99. The summed E-state index contributed by atoms with van der Waals surface area (Å²) in [5.74, 6) is -1.23. The monoisotopic (exact) mass is 408 g/mol. The van der Waals surface area contributed by atoms with E-state index in [1.807, 2.05) is 45.3 Å². The van der Waals surface area contributed by atoms with Crippen LogP contribution in [-0.4, -0.2) is 50.4 Å². The first-order valence-electron chi connectivity index (χ1n) is 10.7. The molecule has 0 aliphatic carbocycles. The summed E-state index contributed by atoms with van der Waals surface area (Å²) in [6, 6.07) is 16.0. The van der Waals surface area contributed by atoms with Crippen LogP contribution in [0.3, 0.4) is 0 Å². The molecule has 1 heterocycles. The van der Waals surface area contributed by atoms with Gasteiger partial charge in [0.05, 0.1) is 6.04 Å². The van der Waals surface area contributed by atoms with Crippen molar-refractivity contribution < 1.29 is 9.59 Å². The van der Waals surface area contributed by atoms with E-state index in [1.54, 1.807) is 0 Å². The van der Waals surface area contributed by atoms with Crippen LogP contribution in [0.2, 0.25) is 0 Å². The fourth-order valence-electron chi connectivity index (χ4n) is 3.90. The molecule has 1 unspecified atom stereocenters. The van der Waals surface area contributed by atoms with Gasteiger partial charge in [-0.2, -0.15) is 0 Å². The number of rotatable bonds is 7. The van der Waals surface area contributed by atoms with Crippen molar-refractivity contribution in [2.75, 3.05) is 43.9 Å². The number of carbonyl (C=O) groups excluding carboxylic acids is 2. The number of likely N-dealkylation sites (tertiary alicyclic amines) is 1. The third kappa shape index (κ3) is 5.39. The summed E-state index contributed by atoms with van der Waals surface area (Å²) >= 11 is 0. The van der Waals surface area contributed by atoms with E-state index in [0.29, 0.717) is 12.2 Å². The Morgan fingerprint density at radius 3 is 2.30 bits per heavy atom. The number of nitrogens with zero attached hydrogens (tertiary/aromatic N) is 2. The van der Waals surface area contributed by atoms with Crippen LogP contribution in [0.1, 0.15) is 36.9 Å². The van der Waals surface area contributed by atoms with Gasteiger partial charge < -0.3 is 15.5 Å². The molecular formula is C24H32N4O2. The zero-order valence-electron chi connectivity index (χ0n) is 18.1. The zero-order chi connectivity index (χ0) is 21.5. The molecule has 0 aromatic heterocycles. The van der Waals surface area contributed by atoms with E-state index < -0.39 is 11.8 Å². The maximum absolute atomic E-state index is 12.5. The van der Waals surface area contributed by atoms with Gasteiger partial charge in [0, 0.05) is 32.0 Å². The van der Waals surface area contributed by atoms with Gasteiger partial charge in [0.25, 0.3) is 0 Å². The first kappa shape index (κ1) is 21.8. The minimum Gasteiger partial charge on any atom is -0.378 e. The number of para-hydroxylation sites is 1. The number of aryl methyl sites for hydroxylation is 1. The van der Waals surface area contributed by atoms with Crippen molar-refractivity contribution in [2.45, 2.75) is 32.2 Å². The average Bonchev–Trinajstić information content (AvgIpc) is 3.29. The molecule has 2 amide bonds. The third-order valence-electron chi connectivity index (χ3n) is 5.68. The number of anilines is 2. The predicted molar refractivity (Wildman–Crippen MR) is 122 cm³/mol. The molecule has 30 heavy (non-hydrogen) atoms.